The molecule has 0 aromatic rings. The molecule has 0 unspecified atom stereocenters. The van der Waals surface area contributed by atoms with Gasteiger partial charge in [0.2, 0.25) is 6.43 Å². The number of carbonyl (C=O) groups excluding carboxylic acids is 1. The van der Waals surface area contributed by atoms with Crippen molar-refractivity contribution in [3.63, 3.8) is 0 Å². The molecule has 0 bridgehead atoms. The number of hydrogen-bond donors (Lipinski definition) is 1. The maximum atomic E-state index is 11.8. The number of hydrogen-bond acceptors (Lipinski definition) is 1. The van der Waals surface area contributed by atoms with Crippen LogP contribution in [0.4, 0.5) is 17.6 Å². The molecule has 1 aliphatic rings. The van der Waals surface area contributed by atoms with Crippen molar-refractivity contribution in [3.8, 4) is 0 Å². The van der Waals surface area contributed by atoms with E-state index in [2.05, 4.69) is 0 Å². The highest BCUT2D eigenvalue weighted by atomic mass is 19.3. The molecule has 2 atom stereocenters. The number of amides is 1. The van der Waals surface area contributed by atoms with Crippen LogP contribution in [0, 0.1) is 5.92 Å². The predicted octanol–water partition coefficient (Wildman–Crippen LogP) is 1.02. The molecule has 0 spiro atoms. The number of halogens is 4. The van der Waals surface area contributed by atoms with Crippen molar-refractivity contribution >= 4 is 5.91 Å². The van der Waals surface area contributed by atoms with Crippen LogP contribution in [-0.4, -0.2) is 24.8 Å². The lowest BCUT2D eigenvalue weighted by Crippen LogP contribution is -2.32. The molecule has 1 rings (SSSR count). The summed E-state index contributed by atoms with van der Waals surface area (Å²) in [6.45, 7) is 0. The maximum absolute atomic E-state index is 11.8. The molecule has 1 aliphatic carbocycles. The van der Waals surface area contributed by atoms with E-state index in [1.807, 2.05) is 5.32 Å². The minimum Gasteiger partial charge on any atom is -0.348 e. The Morgan fingerprint density at radius 2 is 1.92 bits per heavy atom. The minimum atomic E-state index is -3.12. The lowest BCUT2D eigenvalue weighted by molar-refractivity contribution is -0.132. The third-order valence-electron chi connectivity index (χ3n) is 1.69. The molecule has 1 N–H and O–H groups in total. The smallest absolute Gasteiger partial charge is 0.315 e. The van der Waals surface area contributed by atoms with Crippen LogP contribution in [0.25, 0.3) is 0 Å². The molecular weight excluding hydrogens is 178 g/mol. The molecule has 0 aliphatic heterocycles. The fourth-order valence-electron chi connectivity index (χ4n) is 0.905. The van der Waals surface area contributed by atoms with Crippen molar-refractivity contribution in [1.29, 1.82) is 0 Å². The predicted molar refractivity (Wildman–Crippen MR) is 32.0 cm³/mol. The molecule has 2 nitrogen and oxygen atoms in total. The Bertz CT molecular complexity index is 184. The van der Waals surface area contributed by atoms with E-state index in [1.165, 1.54) is 0 Å². The fraction of sp³-hybridized carbons (Fsp3) is 0.833. The van der Waals surface area contributed by atoms with Gasteiger partial charge >= 0.3 is 6.43 Å². The summed E-state index contributed by atoms with van der Waals surface area (Å²) in [6, 6.07) is -0.758. The van der Waals surface area contributed by atoms with Crippen molar-refractivity contribution in [2.24, 2.45) is 5.92 Å². The monoisotopic (exact) mass is 185 g/mol. The molecule has 0 aromatic carbocycles. The molecule has 0 saturated heterocycles. The highest BCUT2D eigenvalue weighted by molar-refractivity contribution is 5.79. The van der Waals surface area contributed by atoms with E-state index in [1.54, 1.807) is 0 Å². The molecule has 12 heavy (non-hydrogen) atoms. The van der Waals surface area contributed by atoms with Gasteiger partial charge in [-0.2, -0.15) is 8.78 Å². The van der Waals surface area contributed by atoms with E-state index in [4.69, 9.17) is 0 Å². The summed E-state index contributed by atoms with van der Waals surface area (Å²) in [5.74, 6) is -2.41. The standard InChI is InChI=1S/C6H7F4NO/c7-4(8)2-1-3(2)11-6(12)5(9)10/h2-5H,1H2,(H,11,12)/t2-,3-/m0/s1. The van der Waals surface area contributed by atoms with Crippen LogP contribution in [0.15, 0.2) is 0 Å². The molecule has 70 valence electrons. The van der Waals surface area contributed by atoms with Gasteiger partial charge in [-0.3, -0.25) is 4.79 Å². The second-order valence-corrected chi connectivity index (χ2v) is 2.65. The second kappa shape index (κ2) is 3.28. The van der Waals surface area contributed by atoms with Crippen LogP contribution in [0.5, 0.6) is 0 Å². The van der Waals surface area contributed by atoms with Crippen LogP contribution in [0.1, 0.15) is 6.42 Å². The molecule has 0 radical (unpaired) electrons. The fourth-order valence-corrected chi connectivity index (χ4v) is 0.905. The van der Waals surface area contributed by atoms with Crippen molar-refractivity contribution in [3.05, 3.63) is 0 Å². The van der Waals surface area contributed by atoms with E-state index in [-0.39, 0.29) is 6.42 Å². The SMILES string of the molecule is O=C(N[C@H]1C[C@@H]1C(F)F)C(F)F. The van der Waals surface area contributed by atoms with Crippen LogP contribution >= 0.6 is 0 Å². The first-order valence-corrected chi connectivity index (χ1v) is 3.39. The zero-order valence-corrected chi connectivity index (χ0v) is 5.94. The Morgan fingerprint density at radius 1 is 1.33 bits per heavy atom. The summed E-state index contributed by atoms with van der Waals surface area (Å²) in [7, 11) is 0. The maximum Gasteiger partial charge on any atom is 0.315 e. The van der Waals surface area contributed by atoms with Gasteiger partial charge in [-0.25, -0.2) is 8.78 Å². The van der Waals surface area contributed by atoms with Gasteiger partial charge in [0.25, 0.3) is 5.91 Å². The van der Waals surface area contributed by atoms with Crippen molar-refractivity contribution in [2.45, 2.75) is 25.3 Å². The summed E-state index contributed by atoms with van der Waals surface area (Å²) in [5.41, 5.74) is 0. The minimum absolute atomic E-state index is 0.0934. The summed E-state index contributed by atoms with van der Waals surface area (Å²) >= 11 is 0. The third-order valence-corrected chi connectivity index (χ3v) is 1.69. The van der Waals surface area contributed by atoms with E-state index < -0.39 is 30.7 Å². The summed E-state index contributed by atoms with van der Waals surface area (Å²) in [6.07, 6.45) is -5.56. The van der Waals surface area contributed by atoms with Crippen LogP contribution in [0.2, 0.25) is 0 Å². The average molecular weight is 185 g/mol. The Labute approximate surface area is 65.9 Å². The molecule has 0 heterocycles. The van der Waals surface area contributed by atoms with Gasteiger partial charge in [-0.1, -0.05) is 0 Å². The van der Waals surface area contributed by atoms with Crippen molar-refractivity contribution in [2.75, 3.05) is 0 Å². The Kier molecular flexibility index (Phi) is 2.54. The van der Waals surface area contributed by atoms with Gasteiger partial charge in [0.1, 0.15) is 0 Å². The second-order valence-electron chi connectivity index (χ2n) is 2.65. The lowest BCUT2D eigenvalue weighted by atomic mass is 10.4. The lowest BCUT2D eigenvalue weighted by Gasteiger charge is -2.02. The van der Waals surface area contributed by atoms with Crippen LogP contribution in [0.3, 0.4) is 0 Å². The van der Waals surface area contributed by atoms with Gasteiger partial charge in [-0.05, 0) is 6.42 Å². The molecular formula is C6H7F4NO. The van der Waals surface area contributed by atoms with Crippen molar-refractivity contribution < 1.29 is 22.4 Å². The Hall–Kier alpha value is -0.810. The van der Waals surface area contributed by atoms with Gasteiger partial charge in [0, 0.05) is 12.0 Å². The summed E-state index contributed by atoms with van der Waals surface area (Å²) in [4.78, 5) is 10.3. The van der Waals surface area contributed by atoms with Crippen LogP contribution < -0.4 is 5.32 Å². The molecule has 1 saturated carbocycles. The molecule has 6 heteroatoms. The third kappa shape index (κ3) is 2.09. The van der Waals surface area contributed by atoms with Gasteiger partial charge in [-0.15, -0.1) is 0 Å². The van der Waals surface area contributed by atoms with E-state index in [0.717, 1.165) is 0 Å². The molecule has 1 amide bonds. The summed E-state index contributed by atoms with van der Waals surface area (Å²) in [5, 5.41) is 1.82. The van der Waals surface area contributed by atoms with Gasteiger partial charge in [0.05, 0.1) is 0 Å². The summed E-state index contributed by atoms with van der Waals surface area (Å²) < 4.78 is 46.7. The van der Waals surface area contributed by atoms with Gasteiger partial charge < -0.3 is 5.32 Å². The highest BCUT2D eigenvalue weighted by Crippen LogP contribution is 2.36. The zero-order valence-electron chi connectivity index (χ0n) is 5.94. The topological polar surface area (TPSA) is 29.1 Å². The van der Waals surface area contributed by atoms with Crippen LogP contribution in [-0.2, 0) is 4.79 Å². The largest absolute Gasteiger partial charge is 0.348 e. The van der Waals surface area contributed by atoms with E-state index in [0.29, 0.717) is 0 Å². The van der Waals surface area contributed by atoms with E-state index in [9.17, 15) is 22.4 Å². The normalized spacial score (nSPS) is 27.8. The van der Waals surface area contributed by atoms with Crippen molar-refractivity contribution in [1.82, 2.24) is 5.32 Å². The number of nitrogens with one attached hydrogen (secondary N) is 1. The van der Waals surface area contributed by atoms with E-state index >= 15 is 0 Å². The Balaban J connectivity index is 2.23. The highest BCUT2D eigenvalue weighted by Gasteiger charge is 2.45. The first-order chi connectivity index (χ1) is 5.52. The Morgan fingerprint density at radius 3 is 2.25 bits per heavy atom. The first-order valence-electron chi connectivity index (χ1n) is 3.39. The zero-order chi connectivity index (χ0) is 9.30. The molecule has 0 aromatic heterocycles. The van der Waals surface area contributed by atoms with Gasteiger partial charge in [0.15, 0.2) is 0 Å². The number of alkyl halides is 4. The molecule has 1 fully saturated rings. The number of carbonyl (C=O) groups is 1. The average Bonchev–Trinajstić information content (AvgIpc) is 2.67. The number of rotatable bonds is 3. The first kappa shape index (κ1) is 9.28. The quantitative estimate of drug-likeness (QED) is 0.653.